The van der Waals surface area contributed by atoms with Crippen molar-refractivity contribution in [3.63, 3.8) is 0 Å². The lowest BCUT2D eigenvalue weighted by atomic mass is 10.2. The Bertz CT molecular complexity index is 1270. The van der Waals surface area contributed by atoms with Crippen molar-refractivity contribution >= 4 is 33.4 Å². The maximum absolute atomic E-state index is 14.6. The van der Waals surface area contributed by atoms with Gasteiger partial charge in [-0.15, -0.1) is 11.8 Å². The number of halogens is 1. The molecule has 35 heavy (non-hydrogen) atoms. The van der Waals surface area contributed by atoms with E-state index >= 15 is 0 Å². The van der Waals surface area contributed by atoms with Gasteiger partial charge in [-0.3, -0.25) is 9.10 Å². The van der Waals surface area contributed by atoms with E-state index in [4.69, 9.17) is 9.47 Å². The maximum Gasteiger partial charge on any atom is 0.265 e. The van der Waals surface area contributed by atoms with Crippen LogP contribution in [-0.4, -0.2) is 47.4 Å². The summed E-state index contributed by atoms with van der Waals surface area (Å²) in [5.41, 5.74) is 0.929. The Morgan fingerprint density at radius 2 is 1.69 bits per heavy atom. The zero-order valence-electron chi connectivity index (χ0n) is 19.7. The van der Waals surface area contributed by atoms with Crippen molar-refractivity contribution in [2.24, 2.45) is 0 Å². The molecule has 7 nitrogen and oxygen atoms in total. The van der Waals surface area contributed by atoms with E-state index in [1.54, 1.807) is 11.8 Å². The topological polar surface area (TPSA) is 84.9 Å². The lowest BCUT2D eigenvalue weighted by Gasteiger charge is -2.25. The van der Waals surface area contributed by atoms with Crippen LogP contribution in [0.3, 0.4) is 0 Å². The second kappa shape index (κ2) is 11.9. The number of amides is 1. The van der Waals surface area contributed by atoms with Crippen LogP contribution in [0.25, 0.3) is 0 Å². The lowest BCUT2D eigenvalue weighted by Crippen LogP contribution is -2.41. The molecule has 1 N–H and O–H groups in total. The number of nitrogens with one attached hydrogen (secondary N) is 1. The van der Waals surface area contributed by atoms with Gasteiger partial charge in [-0.05, 0) is 43.3 Å². The van der Waals surface area contributed by atoms with Gasteiger partial charge in [0.25, 0.3) is 10.0 Å². The van der Waals surface area contributed by atoms with Crippen LogP contribution in [0.5, 0.6) is 11.5 Å². The van der Waals surface area contributed by atoms with E-state index in [1.807, 2.05) is 31.2 Å². The van der Waals surface area contributed by atoms with E-state index in [9.17, 15) is 17.6 Å². The normalized spacial score (nSPS) is 11.1. The minimum atomic E-state index is -4.32. The summed E-state index contributed by atoms with van der Waals surface area (Å²) in [5, 5.41) is 2.72. The highest BCUT2D eigenvalue weighted by Crippen LogP contribution is 2.32. The Morgan fingerprint density at radius 1 is 1.00 bits per heavy atom. The number of hydrogen-bond donors (Lipinski definition) is 1. The summed E-state index contributed by atoms with van der Waals surface area (Å²) in [7, 11) is -1.51. The first-order chi connectivity index (χ1) is 16.8. The quantitative estimate of drug-likeness (QED) is 0.302. The average molecular weight is 519 g/mol. The van der Waals surface area contributed by atoms with Gasteiger partial charge in [0, 0.05) is 23.3 Å². The SMILES string of the molecule is COc1ccc(S(=O)(=O)N(CC(=O)NCCSc2ccc(C)cc2)c2ccccc2F)cc1OC. The summed E-state index contributed by atoms with van der Waals surface area (Å²) in [4.78, 5) is 13.6. The fourth-order valence-corrected chi connectivity index (χ4v) is 5.45. The number of methoxy groups -OCH3 is 2. The van der Waals surface area contributed by atoms with Gasteiger partial charge in [0.05, 0.1) is 24.8 Å². The van der Waals surface area contributed by atoms with Gasteiger partial charge < -0.3 is 14.8 Å². The van der Waals surface area contributed by atoms with Crippen LogP contribution in [-0.2, 0) is 14.8 Å². The molecule has 0 aliphatic heterocycles. The molecule has 0 aliphatic rings. The number of carbonyl (C=O) groups excluding carboxylic acids is 1. The zero-order chi connectivity index (χ0) is 25.4. The molecule has 0 heterocycles. The Labute approximate surface area is 209 Å². The molecule has 0 saturated heterocycles. The van der Waals surface area contributed by atoms with Crippen molar-refractivity contribution < 1.29 is 27.1 Å². The minimum absolute atomic E-state index is 0.166. The molecule has 10 heteroatoms. The smallest absolute Gasteiger partial charge is 0.265 e. The van der Waals surface area contributed by atoms with Crippen LogP contribution >= 0.6 is 11.8 Å². The van der Waals surface area contributed by atoms with E-state index in [1.165, 1.54) is 50.6 Å². The summed E-state index contributed by atoms with van der Waals surface area (Å²) in [5.74, 6) is -0.190. The van der Waals surface area contributed by atoms with Crippen molar-refractivity contribution in [2.45, 2.75) is 16.7 Å². The van der Waals surface area contributed by atoms with Crippen molar-refractivity contribution in [1.29, 1.82) is 0 Å². The molecule has 3 rings (SSSR count). The molecule has 186 valence electrons. The Kier molecular flexibility index (Phi) is 9.00. The van der Waals surface area contributed by atoms with Crippen LogP contribution < -0.4 is 19.1 Å². The Morgan fingerprint density at radius 3 is 2.34 bits per heavy atom. The number of sulfonamides is 1. The molecule has 1 amide bonds. The third-order valence-corrected chi connectivity index (χ3v) is 7.83. The van der Waals surface area contributed by atoms with Crippen LogP contribution in [0.4, 0.5) is 10.1 Å². The molecule has 0 bridgehead atoms. The standard InChI is InChI=1S/C25H27FN2O5S2/c1-18-8-10-19(11-9-18)34-15-14-27-25(29)17-28(22-7-5-4-6-21(22)26)35(30,31)20-12-13-23(32-2)24(16-20)33-3/h4-13,16H,14-15,17H2,1-3H3,(H,27,29). The molecule has 0 atom stereocenters. The number of aryl methyl sites for hydroxylation is 1. The predicted molar refractivity (Wildman–Crippen MR) is 135 cm³/mol. The van der Waals surface area contributed by atoms with Crippen LogP contribution in [0, 0.1) is 12.7 Å². The number of anilines is 1. The van der Waals surface area contributed by atoms with E-state index in [2.05, 4.69) is 5.32 Å². The number of thioether (sulfide) groups is 1. The molecular formula is C25H27FN2O5S2. The zero-order valence-corrected chi connectivity index (χ0v) is 21.3. The minimum Gasteiger partial charge on any atom is -0.493 e. The number of ether oxygens (including phenoxy) is 2. The highest BCUT2D eigenvalue weighted by Gasteiger charge is 2.30. The first-order valence-corrected chi connectivity index (χ1v) is 13.1. The summed E-state index contributed by atoms with van der Waals surface area (Å²) >= 11 is 1.57. The first-order valence-electron chi connectivity index (χ1n) is 10.7. The predicted octanol–water partition coefficient (Wildman–Crippen LogP) is 4.26. The molecule has 0 aromatic heterocycles. The number of nitrogens with zero attached hydrogens (tertiary/aromatic N) is 1. The Balaban J connectivity index is 1.78. The van der Waals surface area contributed by atoms with Crippen molar-refractivity contribution in [3.8, 4) is 11.5 Å². The maximum atomic E-state index is 14.6. The van der Waals surface area contributed by atoms with Crippen molar-refractivity contribution in [3.05, 3.63) is 78.1 Å². The monoisotopic (exact) mass is 518 g/mol. The highest BCUT2D eigenvalue weighted by atomic mass is 32.2. The van der Waals surface area contributed by atoms with Crippen LogP contribution in [0.2, 0.25) is 0 Å². The number of hydrogen-bond acceptors (Lipinski definition) is 6. The fraction of sp³-hybridized carbons (Fsp3) is 0.240. The molecule has 3 aromatic carbocycles. The molecule has 0 aliphatic carbocycles. The molecule has 0 saturated carbocycles. The first kappa shape index (κ1) is 26.4. The fourth-order valence-electron chi connectivity index (χ4n) is 3.24. The second-order valence-electron chi connectivity index (χ2n) is 7.49. The van der Waals surface area contributed by atoms with Gasteiger partial charge in [-0.2, -0.15) is 0 Å². The third kappa shape index (κ3) is 6.67. The van der Waals surface area contributed by atoms with Gasteiger partial charge in [0.1, 0.15) is 12.4 Å². The molecule has 0 radical (unpaired) electrons. The molecular weight excluding hydrogens is 491 g/mol. The number of benzene rings is 3. The van der Waals surface area contributed by atoms with Gasteiger partial charge in [-0.1, -0.05) is 29.8 Å². The van der Waals surface area contributed by atoms with E-state index in [0.717, 1.165) is 20.8 Å². The van der Waals surface area contributed by atoms with Crippen molar-refractivity contribution in [2.75, 3.05) is 37.4 Å². The lowest BCUT2D eigenvalue weighted by molar-refractivity contribution is -0.119. The van der Waals surface area contributed by atoms with Gasteiger partial charge in [0.15, 0.2) is 11.5 Å². The second-order valence-corrected chi connectivity index (χ2v) is 10.5. The van der Waals surface area contributed by atoms with Crippen LogP contribution in [0.15, 0.2) is 76.5 Å². The average Bonchev–Trinajstić information content (AvgIpc) is 2.86. The van der Waals surface area contributed by atoms with Gasteiger partial charge in [-0.25, -0.2) is 12.8 Å². The van der Waals surface area contributed by atoms with Gasteiger partial charge in [0.2, 0.25) is 5.91 Å². The highest BCUT2D eigenvalue weighted by molar-refractivity contribution is 7.99. The van der Waals surface area contributed by atoms with Gasteiger partial charge >= 0.3 is 0 Å². The Hall–Kier alpha value is -3.24. The summed E-state index contributed by atoms with van der Waals surface area (Å²) in [6.07, 6.45) is 0. The number of carbonyl (C=O) groups is 1. The van der Waals surface area contributed by atoms with E-state index in [0.29, 0.717) is 18.0 Å². The molecule has 0 unspecified atom stereocenters. The van der Waals surface area contributed by atoms with Crippen molar-refractivity contribution in [1.82, 2.24) is 5.32 Å². The van der Waals surface area contributed by atoms with Crippen LogP contribution in [0.1, 0.15) is 5.56 Å². The summed E-state index contributed by atoms with van der Waals surface area (Å²) in [6, 6.07) is 17.4. The summed E-state index contributed by atoms with van der Waals surface area (Å²) in [6.45, 7) is 1.73. The third-order valence-electron chi connectivity index (χ3n) is 5.07. The molecule has 0 fully saturated rings. The number of rotatable bonds is 11. The largest absolute Gasteiger partial charge is 0.493 e. The number of para-hydroxylation sites is 1. The molecule has 3 aromatic rings. The van der Waals surface area contributed by atoms with E-state index < -0.39 is 28.3 Å². The summed E-state index contributed by atoms with van der Waals surface area (Å²) < 4.78 is 52.8. The van der Waals surface area contributed by atoms with E-state index in [-0.39, 0.29) is 16.3 Å². The molecule has 0 spiro atoms.